The predicted molar refractivity (Wildman–Crippen MR) is 140 cm³/mol. The molecule has 170 valence electrons. The zero-order valence-corrected chi connectivity index (χ0v) is 21.6. The van der Waals surface area contributed by atoms with Gasteiger partial charge in [0, 0.05) is 36.4 Å². The Bertz CT molecular complexity index is 800. The largest absolute Gasteiger partial charge is 0.379 e. The van der Waals surface area contributed by atoms with Crippen LogP contribution in [-0.4, -0.2) is 44.1 Å². The maximum Gasteiger partial charge on any atom is 0.191 e. The third kappa shape index (κ3) is 9.39. The Hall–Kier alpha value is -1.29. The second-order valence-electron chi connectivity index (χ2n) is 7.45. The van der Waals surface area contributed by atoms with E-state index in [1.54, 1.807) is 0 Å². The minimum Gasteiger partial charge on any atom is -0.379 e. The Morgan fingerprint density at radius 2 is 1.74 bits per heavy atom. The van der Waals surface area contributed by atoms with Crippen molar-refractivity contribution in [1.82, 2.24) is 10.6 Å². The summed E-state index contributed by atoms with van der Waals surface area (Å²) in [5.74, 6) is 0.841. The number of rotatable bonds is 12. The first-order chi connectivity index (χ1) is 14.7. The predicted octanol–water partition coefficient (Wildman–Crippen LogP) is 4.85. The van der Waals surface area contributed by atoms with E-state index in [9.17, 15) is 0 Å². The maximum absolute atomic E-state index is 5.67. The molecule has 0 radical (unpaired) electrons. The summed E-state index contributed by atoms with van der Waals surface area (Å²) in [6, 6.07) is 19.1. The molecular formula is C24H34IN3O2S. The molecule has 0 aromatic heterocycles. The van der Waals surface area contributed by atoms with Gasteiger partial charge in [-0.3, -0.25) is 4.99 Å². The molecule has 1 saturated carbocycles. The summed E-state index contributed by atoms with van der Waals surface area (Å²) < 4.78 is 11.3. The molecule has 1 aliphatic carbocycles. The van der Waals surface area contributed by atoms with E-state index in [-0.39, 0.29) is 28.7 Å². The Balaban J connectivity index is 0.00000341. The van der Waals surface area contributed by atoms with Gasteiger partial charge in [0.25, 0.3) is 0 Å². The normalized spacial score (nSPS) is 14.6. The van der Waals surface area contributed by atoms with Gasteiger partial charge in [-0.25, -0.2) is 0 Å². The number of guanidine groups is 1. The molecule has 0 aliphatic heterocycles. The highest BCUT2D eigenvalue weighted by molar-refractivity contribution is 14.0. The van der Waals surface area contributed by atoms with Crippen molar-refractivity contribution in [1.29, 1.82) is 0 Å². The average molecular weight is 556 g/mol. The number of nitrogens with one attached hydrogen (secondary N) is 2. The topological polar surface area (TPSA) is 54.9 Å². The Kier molecular flexibility index (Phi) is 11.7. The second-order valence-corrected chi connectivity index (χ2v) is 8.99. The number of aliphatic imine (C=N–C) groups is 1. The van der Waals surface area contributed by atoms with Gasteiger partial charge in [0.15, 0.2) is 5.96 Å². The van der Waals surface area contributed by atoms with Crippen LogP contribution in [0, 0.1) is 0 Å². The highest BCUT2D eigenvalue weighted by Gasteiger charge is 2.43. The molecule has 0 saturated heterocycles. The zero-order valence-electron chi connectivity index (χ0n) is 18.4. The van der Waals surface area contributed by atoms with Crippen LogP contribution >= 0.6 is 35.7 Å². The van der Waals surface area contributed by atoms with Gasteiger partial charge in [-0.2, -0.15) is 0 Å². The lowest BCUT2D eigenvalue weighted by atomic mass is 10.1. The van der Waals surface area contributed by atoms with Gasteiger partial charge < -0.3 is 20.1 Å². The number of ether oxygens (including phenoxy) is 2. The molecule has 3 rings (SSSR count). The van der Waals surface area contributed by atoms with Crippen LogP contribution in [0.4, 0.5) is 0 Å². The SMILES string of the molecule is CCOCCOCc1cccc(CNC(=NC)NCC2(Sc3ccccc3)CC2)c1.I. The summed E-state index contributed by atoms with van der Waals surface area (Å²) in [5, 5.41) is 6.94. The molecule has 0 amide bonds. The van der Waals surface area contributed by atoms with E-state index < -0.39 is 0 Å². The lowest BCUT2D eigenvalue weighted by Gasteiger charge is -2.18. The number of benzene rings is 2. The van der Waals surface area contributed by atoms with E-state index in [1.165, 1.54) is 28.9 Å². The smallest absolute Gasteiger partial charge is 0.191 e. The van der Waals surface area contributed by atoms with Crippen molar-refractivity contribution in [3.05, 3.63) is 65.7 Å². The molecule has 2 N–H and O–H groups in total. The van der Waals surface area contributed by atoms with Crippen LogP contribution in [0.15, 0.2) is 64.5 Å². The molecule has 1 aliphatic rings. The Labute approximate surface area is 207 Å². The van der Waals surface area contributed by atoms with Crippen molar-refractivity contribution in [3.63, 3.8) is 0 Å². The van der Waals surface area contributed by atoms with Crippen LogP contribution in [0.3, 0.4) is 0 Å². The molecule has 0 spiro atoms. The van der Waals surface area contributed by atoms with Gasteiger partial charge in [-0.15, -0.1) is 35.7 Å². The third-order valence-electron chi connectivity index (χ3n) is 4.98. The maximum atomic E-state index is 5.67. The summed E-state index contributed by atoms with van der Waals surface area (Å²) in [7, 11) is 1.82. The van der Waals surface area contributed by atoms with E-state index in [1.807, 2.05) is 25.7 Å². The lowest BCUT2D eigenvalue weighted by molar-refractivity contribution is 0.0453. The summed E-state index contributed by atoms with van der Waals surface area (Å²) >= 11 is 1.97. The monoisotopic (exact) mass is 555 g/mol. The van der Waals surface area contributed by atoms with Crippen molar-refractivity contribution in [2.75, 3.05) is 33.4 Å². The van der Waals surface area contributed by atoms with Gasteiger partial charge in [-0.1, -0.05) is 42.5 Å². The first-order valence-electron chi connectivity index (χ1n) is 10.6. The molecule has 2 aromatic rings. The zero-order chi connectivity index (χ0) is 21.1. The molecule has 1 fully saturated rings. The van der Waals surface area contributed by atoms with Crippen molar-refractivity contribution < 1.29 is 9.47 Å². The van der Waals surface area contributed by atoms with Crippen molar-refractivity contribution in [3.8, 4) is 0 Å². The fraction of sp³-hybridized carbons (Fsp3) is 0.458. The number of halogens is 1. The summed E-state index contributed by atoms with van der Waals surface area (Å²) in [6.07, 6.45) is 2.48. The summed E-state index contributed by atoms with van der Waals surface area (Å²) in [5.41, 5.74) is 2.38. The molecule has 7 heteroatoms. The number of thioether (sulfide) groups is 1. The van der Waals surface area contributed by atoms with Crippen LogP contribution in [-0.2, 0) is 22.6 Å². The second kappa shape index (κ2) is 14.0. The minimum absolute atomic E-state index is 0. The molecule has 0 bridgehead atoms. The molecule has 0 heterocycles. The van der Waals surface area contributed by atoms with Gasteiger partial charge in [0.05, 0.1) is 19.8 Å². The fourth-order valence-electron chi connectivity index (χ4n) is 3.13. The van der Waals surface area contributed by atoms with Gasteiger partial charge in [0.1, 0.15) is 0 Å². The number of hydrogen-bond acceptors (Lipinski definition) is 4. The summed E-state index contributed by atoms with van der Waals surface area (Å²) in [4.78, 5) is 5.72. The third-order valence-corrected chi connectivity index (χ3v) is 6.48. The first-order valence-corrected chi connectivity index (χ1v) is 11.5. The number of hydrogen-bond donors (Lipinski definition) is 2. The summed E-state index contributed by atoms with van der Waals surface area (Å²) in [6.45, 7) is 6.23. The Morgan fingerprint density at radius 3 is 2.45 bits per heavy atom. The van der Waals surface area contributed by atoms with Crippen molar-refractivity contribution in [2.45, 2.75) is 42.6 Å². The van der Waals surface area contributed by atoms with Crippen LogP contribution in [0.25, 0.3) is 0 Å². The Morgan fingerprint density at radius 1 is 1.00 bits per heavy atom. The highest BCUT2D eigenvalue weighted by Crippen LogP contribution is 2.51. The highest BCUT2D eigenvalue weighted by atomic mass is 127. The van der Waals surface area contributed by atoms with E-state index in [2.05, 4.69) is 70.2 Å². The van der Waals surface area contributed by atoms with Crippen LogP contribution in [0.2, 0.25) is 0 Å². The molecule has 5 nitrogen and oxygen atoms in total. The van der Waals surface area contributed by atoms with Crippen LogP contribution in [0.1, 0.15) is 30.9 Å². The lowest BCUT2D eigenvalue weighted by Crippen LogP contribution is -2.40. The quantitative estimate of drug-likeness (QED) is 0.170. The molecule has 2 aromatic carbocycles. The van der Waals surface area contributed by atoms with Crippen LogP contribution in [0.5, 0.6) is 0 Å². The van der Waals surface area contributed by atoms with E-state index in [0.29, 0.717) is 19.8 Å². The van der Waals surface area contributed by atoms with E-state index >= 15 is 0 Å². The molecule has 0 unspecified atom stereocenters. The minimum atomic E-state index is 0. The van der Waals surface area contributed by atoms with E-state index in [0.717, 1.165) is 25.7 Å². The standard InChI is InChI=1S/C24H33N3O2S.HI/c1-3-28-14-15-29-18-21-9-7-8-20(16-21)17-26-23(25-2)27-19-24(12-13-24)30-22-10-5-4-6-11-22;/h4-11,16H,3,12-15,17-19H2,1-2H3,(H2,25,26,27);1H. The molecule has 31 heavy (non-hydrogen) atoms. The van der Waals surface area contributed by atoms with E-state index in [4.69, 9.17) is 9.47 Å². The van der Waals surface area contributed by atoms with Gasteiger partial charge in [-0.05, 0) is 43.0 Å². The van der Waals surface area contributed by atoms with Crippen LogP contribution < -0.4 is 10.6 Å². The van der Waals surface area contributed by atoms with Gasteiger partial charge in [0.2, 0.25) is 0 Å². The average Bonchev–Trinajstić information content (AvgIpc) is 3.54. The fourth-order valence-corrected chi connectivity index (χ4v) is 4.37. The molecular weight excluding hydrogens is 521 g/mol. The first kappa shape index (κ1) is 26.0. The van der Waals surface area contributed by atoms with Gasteiger partial charge >= 0.3 is 0 Å². The van der Waals surface area contributed by atoms with Crippen molar-refractivity contribution >= 4 is 41.7 Å². The molecule has 0 atom stereocenters. The number of nitrogens with zero attached hydrogens (tertiary/aromatic N) is 1. The van der Waals surface area contributed by atoms with Crippen molar-refractivity contribution in [2.24, 2.45) is 4.99 Å².